The van der Waals surface area contributed by atoms with Gasteiger partial charge >= 0.3 is 0 Å². The highest BCUT2D eigenvalue weighted by atomic mass is 15.0. The number of para-hydroxylation sites is 2. The molecular weight excluding hydrogens is 1450 g/mol. The molecule has 648 valence electrons. The molecule has 0 fully saturated rings. The van der Waals surface area contributed by atoms with Gasteiger partial charge in [-0.1, -0.05) is 321 Å². The summed E-state index contributed by atoms with van der Waals surface area (Å²) < 4.78 is 13.7. The summed E-state index contributed by atoms with van der Waals surface area (Å²) >= 11 is 0. The van der Waals surface area contributed by atoms with Gasteiger partial charge < -0.3 is 27.4 Å². The molecule has 0 bridgehead atoms. The molecule has 6 nitrogen and oxygen atoms in total. The zero-order valence-corrected chi connectivity index (χ0v) is 83.5. The van der Waals surface area contributed by atoms with Crippen molar-refractivity contribution in [3.05, 3.63) is 285 Å². The van der Waals surface area contributed by atoms with Crippen molar-refractivity contribution in [3.63, 3.8) is 0 Å². The van der Waals surface area contributed by atoms with Crippen LogP contribution in [0.4, 0.5) is 0 Å². The van der Waals surface area contributed by atoms with Crippen LogP contribution >= 0.6 is 0 Å². The van der Waals surface area contributed by atoms with E-state index >= 15 is 0 Å². The molecule has 6 heteroatoms. The number of fused-ring (bicyclic) bond motifs is 18. The van der Waals surface area contributed by atoms with E-state index in [4.69, 9.17) is 0 Å². The Bertz CT molecular complexity index is 5940. The first-order valence-corrected chi connectivity index (χ1v) is 45.8. The third-order valence-corrected chi connectivity index (χ3v) is 20.3. The van der Waals surface area contributed by atoms with Crippen molar-refractivity contribution in [1.29, 1.82) is 0 Å². The van der Waals surface area contributed by atoms with Crippen LogP contribution in [0.3, 0.4) is 0 Å². The molecule has 18 rings (SSSR count). The Hall–Kier alpha value is -10.6. The van der Waals surface area contributed by atoms with Gasteiger partial charge in [0.05, 0.1) is 11.0 Å². The van der Waals surface area contributed by atoms with Crippen LogP contribution in [0.5, 0.6) is 0 Å². The van der Waals surface area contributed by atoms with Crippen molar-refractivity contribution in [3.8, 4) is 0 Å². The summed E-state index contributed by atoms with van der Waals surface area (Å²) in [6.45, 7) is 73.9. The maximum atomic E-state index is 2.30. The highest BCUT2D eigenvalue weighted by Gasteiger charge is 2.15. The second-order valence-electron chi connectivity index (χ2n) is 27.3. The maximum absolute atomic E-state index is 2.30. The Kier molecular flexibility index (Phi) is 48.9. The second-order valence-corrected chi connectivity index (χ2v) is 27.3. The first kappa shape index (κ1) is 107. The number of aromatic nitrogens is 6. The standard InChI is InChI=1S/6C15H15N.12C2H6/c1-10-6-5-9-13-14(10)12-8-4-7-11(2)15(12)16(13)3;1-10-5-7-14-13(8-10)12-6-4-11(2)9-15(12)16(14)3;1-10-4-6-14-12(8-10)13-9-11(2)5-7-15(13)16(14)3;1-10-7-8-13-12(9-10)15-11(2)5-4-6-14(15)16(13)3;1-10-7-8-12-14(9-10)16(3)13-6-4-5-11(2)15(12)13;1-10-7-8-14-13(9-10)12-6-4-5-11(2)15(12)16(14)3;12*1-2/h6*4-9H,1-3H3;12*1-2H3. The predicted octanol–water partition coefficient (Wildman–Crippen LogP) is 36.0. The minimum absolute atomic E-state index is 1.31. The molecule has 120 heavy (non-hydrogen) atoms. The first-order valence-electron chi connectivity index (χ1n) is 45.8. The van der Waals surface area contributed by atoms with Crippen LogP contribution in [0.25, 0.3) is 131 Å². The fourth-order valence-electron chi connectivity index (χ4n) is 15.3. The molecule has 0 saturated carbocycles. The summed E-state index contributed by atoms with van der Waals surface area (Å²) in [5.74, 6) is 0. The molecule has 0 saturated heterocycles. The van der Waals surface area contributed by atoms with Crippen LogP contribution in [-0.4, -0.2) is 27.4 Å². The fourth-order valence-corrected chi connectivity index (χ4v) is 15.3. The van der Waals surface area contributed by atoms with E-state index in [-0.39, 0.29) is 0 Å². The third-order valence-electron chi connectivity index (χ3n) is 20.3. The summed E-state index contributed by atoms with van der Waals surface area (Å²) in [6.07, 6.45) is 0. The van der Waals surface area contributed by atoms with E-state index in [0.717, 1.165) is 0 Å². The smallest absolute Gasteiger partial charge is 0.0518 e. The quantitative estimate of drug-likeness (QED) is 0.145. The van der Waals surface area contributed by atoms with Crippen molar-refractivity contribution < 1.29 is 0 Å². The molecule has 0 amide bonds. The molecule has 6 aromatic heterocycles. The maximum Gasteiger partial charge on any atom is 0.0518 e. The molecule has 0 aliphatic heterocycles. The molecule has 18 aromatic rings. The van der Waals surface area contributed by atoms with Gasteiger partial charge in [0.2, 0.25) is 0 Å². The summed E-state index contributed by atoms with van der Waals surface area (Å²) in [7, 11) is 12.8. The SMILES string of the molecule is CC.CC.CC.CC.CC.CC.CC.CC.CC.CC.CC.CC.Cc1ccc2c(c1)c1c(C)cccc1n2C.Cc1ccc2c(c1)c1cc(C)ccc1n2C.Cc1ccc2c(c1)c1ccc(C)cc1n2C.Cc1ccc2c(c1)c1cccc(C)c1n2C.Cc1ccc2c3c(C)cccc3n(C)c2c1.Cc1cccc2c1c1cccc(C)c1n2C. The minimum Gasteiger partial charge on any atom is -0.344 e. The van der Waals surface area contributed by atoms with Crippen molar-refractivity contribution in [2.45, 2.75) is 249 Å². The van der Waals surface area contributed by atoms with Crippen LogP contribution < -0.4 is 0 Å². The lowest BCUT2D eigenvalue weighted by Crippen LogP contribution is -1.88. The van der Waals surface area contributed by atoms with Gasteiger partial charge in [0.15, 0.2) is 0 Å². The van der Waals surface area contributed by atoms with Crippen LogP contribution in [0, 0.1) is 83.1 Å². The second kappa shape index (κ2) is 54.6. The summed E-state index contributed by atoms with van der Waals surface area (Å²) in [4.78, 5) is 0. The van der Waals surface area contributed by atoms with E-state index in [9.17, 15) is 0 Å². The van der Waals surface area contributed by atoms with E-state index in [2.05, 4.69) is 371 Å². The predicted molar refractivity (Wildman–Crippen MR) is 556 cm³/mol. The Balaban J connectivity index is 0.000000684. The summed E-state index contributed by atoms with van der Waals surface area (Å²) in [5, 5.41) is 16.4. The van der Waals surface area contributed by atoms with Gasteiger partial charge in [-0.3, -0.25) is 0 Å². The van der Waals surface area contributed by atoms with E-state index in [0.29, 0.717) is 0 Å². The molecule has 0 radical (unpaired) electrons. The van der Waals surface area contributed by atoms with Crippen molar-refractivity contribution in [1.82, 2.24) is 27.4 Å². The van der Waals surface area contributed by atoms with Crippen LogP contribution in [-0.2, 0) is 42.3 Å². The first-order chi connectivity index (χ1) is 58.1. The normalized spacial score (nSPS) is 9.75. The van der Waals surface area contributed by atoms with Gasteiger partial charge in [-0.2, -0.15) is 0 Å². The third kappa shape index (κ3) is 24.6. The summed E-state index contributed by atoms with van der Waals surface area (Å²) in [5.41, 5.74) is 31.9. The van der Waals surface area contributed by atoms with Gasteiger partial charge in [-0.05, 0) is 213 Å². The van der Waals surface area contributed by atoms with Gasteiger partial charge in [-0.25, -0.2) is 0 Å². The van der Waals surface area contributed by atoms with E-state index in [1.165, 1.54) is 198 Å². The molecule has 12 aromatic carbocycles. The Morgan fingerprint density at radius 1 is 0.142 bits per heavy atom. The molecule has 0 unspecified atom stereocenters. The lowest BCUT2D eigenvalue weighted by molar-refractivity contribution is 1.01. The van der Waals surface area contributed by atoms with Crippen molar-refractivity contribution in [2.24, 2.45) is 42.3 Å². The van der Waals surface area contributed by atoms with E-state index in [1.54, 1.807) is 0 Å². The number of rotatable bonds is 0. The summed E-state index contributed by atoms with van der Waals surface area (Å²) in [6, 6.07) is 79.2. The zero-order chi connectivity index (χ0) is 91.7. The van der Waals surface area contributed by atoms with E-state index < -0.39 is 0 Å². The minimum atomic E-state index is 1.31. The van der Waals surface area contributed by atoms with Gasteiger partial charge in [0, 0.05) is 162 Å². The number of hydrogen-bond acceptors (Lipinski definition) is 0. The van der Waals surface area contributed by atoms with Crippen molar-refractivity contribution in [2.75, 3.05) is 0 Å². The van der Waals surface area contributed by atoms with Crippen LogP contribution in [0.1, 0.15) is 233 Å². The van der Waals surface area contributed by atoms with E-state index in [1.807, 2.05) is 166 Å². The topological polar surface area (TPSA) is 29.6 Å². The van der Waals surface area contributed by atoms with Gasteiger partial charge in [0.25, 0.3) is 0 Å². The largest absolute Gasteiger partial charge is 0.344 e. The molecule has 0 N–H and O–H groups in total. The highest BCUT2D eigenvalue weighted by molar-refractivity contribution is 6.14. The zero-order valence-electron chi connectivity index (χ0n) is 83.5. The van der Waals surface area contributed by atoms with Crippen molar-refractivity contribution >= 4 is 131 Å². The average molecular weight is 1620 g/mol. The van der Waals surface area contributed by atoms with Gasteiger partial charge in [-0.15, -0.1) is 0 Å². The lowest BCUT2D eigenvalue weighted by atomic mass is 10.1. The molecule has 0 aliphatic rings. The number of benzene rings is 12. The monoisotopic (exact) mass is 1620 g/mol. The average Bonchev–Trinajstić information content (AvgIpc) is 1.61. The van der Waals surface area contributed by atoms with Crippen LogP contribution in [0.2, 0.25) is 0 Å². The number of aryl methyl sites for hydroxylation is 18. The molecule has 0 spiro atoms. The Labute approximate surface area is 730 Å². The Morgan fingerprint density at radius 3 is 0.725 bits per heavy atom. The number of hydrogen-bond donors (Lipinski definition) is 0. The molecule has 0 atom stereocenters. The molecular formula is C114H162N6. The fraction of sp³-hybridized carbons (Fsp3) is 0.368. The highest BCUT2D eigenvalue weighted by Crippen LogP contribution is 2.37. The Morgan fingerprint density at radius 2 is 0.350 bits per heavy atom. The number of nitrogens with zero attached hydrogens (tertiary/aromatic N) is 6. The molecule has 6 heterocycles. The molecule has 0 aliphatic carbocycles. The van der Waals surface area contributed by atoms with Crippen LogP contribution in [0.15, 0.2) is 218 Å². The lowest BCUT2D eigenvalue weighted by Gasteiger charge is -2.00. The van der Waals surface area contributed by atoms with Gasteiger partial charge in [0.1, 0.15) is 0 Å².